The van der Waals surface area contributed by atoms with Gasteiger partial charge in [-0.1, -0.05) is 0 Å². The van der Waals surface area contributed by atoms with Crippen LogP contribution >= 0.6 is 0 Å². The second-order valence-corrected chi connectivity index (χ2v) is 2.52. The summed E-state index contributed by atoms with van der Waals surface area (Å²) < 4.78 is 6.14. The summed E-state index contributed by atoms with van der Waals surface area (Å²) in [4.78, 5) is 21.4. The van der Waals surface area contributed by atoms with Crippen molar-refractivity contribution in [2.45, 2.75) is 6.92 Å². The van der Waals surface area contributed by atoms with Crippen molar-refractivity contribution in [3.8, 4) is 0 Å². The van der Waals surface area contributed by atoms with E-state index in [1.54, 1.807) is 14.0 Å². The number of carbonyl (C=O) groups excluding carboxylic acids is 2. The predicted molar refractivity (Wildman–Crippen MR) is 48.9 cm³/mol. The van der Waals surface area contributed by atoms with Gasteiger partial charge in [-0.2, -0.15) is 5.10 Å². The van der Waals surface area contributed by atoms with E-state index in [1.165, 1.54) is 10.7 Å². The van der Waals surface area contributed by atoms with Crippen LogP contribution in [0.25, 0.3) is 0 Å². The Balaban J connectivity index is 2.86. The summed E-state index contributed by atoms with van der Waals surface area (Å²) in [5.74, 6) is -0.132. The van der Waals surface area contributed by atoms with Crippen LogP contribution in [0.3, 0.4) is 0 Å². The zero-order valence-corrected chi connectivity index (χ0v) is 7.98. The molecule has 1 amide bonds. The molecule has 0 atom stereocenters. The van der Waals surface area contributed by atoms with Crippen molar-refractivity contribution in [3.05, 3.63) is 11.8 Å². The molecule has 0 spiro atoms. The van der Waals surface area contributed by atoms with Gasteiger partial charge in [-0.15, -0.1) is 0 Å². The number of carbonyl (C=O) groups is 2. The van der Waals surface area contributed by atoms with E-state index in [1.807, 2.05) is 0 Å². The molecule has 76 valence electrons. The smallest absolute Gasteiger partial charge is 0.356 e. The Morgan fingerprint density at radius 1 is 1.79 bits per heavy atom. The summed E-state index contributed by atoms with van der Waals surface area (Å²) in [6.45, 7) is 2.03. The Labute approximate surface area is 80.8 Å². The van der Waals surface area contributed by atoms with Gasteiger partial charge >= 0.3 is 5.97 Å². The number of aromatic nitrogens is 2. The van der Waals surface area contributed by atoms with Crippen LogP contribution in [0, 0.1) is 0 Å². The molecule has 0 unspecified atom stereocenters. The number of esters is 1. The topological polar surface area (TPSA) is 73.2 Å². The molecular weight excluding hydrogens is 186 g/mol. The highest BCUT2D eigenvalue weighted by Gasteiger charge is 2.13. The molecule has 0 aliphatic carbocycles. The molecule has 0 aliphatic heterocycles. The number of ether oxygens (including phenoxy) is 1. The standard InChI is InChI=1S/C8H11N3O3/c1-3-14-8(13)6-4-7(9-5-12)10-11(6)2/h4-5H,3H2,1-2H3,(H,9,10,12). The predicted octanol–water partition coefficient (Wildman–Crippen LogP) is 0.165. The molecule has 1 rings (SSSR count). The van der Waals surface area contributed by atoms with Crippen molar-refractivity contribution in [1.82, 2.24) is 9.78 Å². The van der Waals surface area contributed by atoms with Crippen LogP contribution in [0.5, 0.6) is 0 Å². The van der Waals surface area contributed by atoms with Gasteiger partial charge < -0.3 is 10.1 Å². The lowest BCUT2D eigenvalue weighted by molar-refractivity contribution is -0.105. The minimum absolute atomic E-state index is 0.302. The summed E-state index contributed by atoms with van der Waals surface area (Å²) >= 11 is 0. The second-order valence-electron chi connectivity index (χ2n) is 2.52. The first kappa shape index (κ1) is 10.2. The van der Waals surface area contributed by atoms with E-state index in [4.69, 9.17) is 4.74 Å². The molecule has 0 fully saturated rings. The minimum atomic E-state index is -0.457. The van der Waals surface area contributed by atoms with Gasteiger partial charge in [-0.05, 0) is 6.92 Å². The first-order valence-electron chi connectivity index (χ1n) is 4.10. The average Bonchev–Trinajstić information content (AvgIpc) is 2.48. The summed E-state index contributed by atoms with van der Waals surface area (Å²) in [7, 11) is 1.60. The van der Waals surface area contributed by atoms with Gasteiger partial charge in [0.25, 0.3) is 0 Å². The lowest BCUT2D eigenvalue weighted by Gasteiger charge is -1.99. The molecule has 0 aliphatic rings. The van der Waals surface area contributed by atoms with E-state index in [-0.39, 0.29) is 0 Å². The maximum absolute atomic E-state index is 11.3. The number of nitrogens with zero attached hydrogens (tertiary/aromatic N) is 2. The largest absolute Gasteiger partial charge is 0.461 e. The fraction of sp³-hybridized carbons (Fsp3) is 0.375. The lowest BCUT2D eigenvalue weighted by Crippen LogP contribution is -2.10. The van der Waals surface area contributed by atoms with Crippen LogP contribution in [-0.2, 0) is 16.6 Å². The molecule has 1 aromatic rings. The highest BCUT2D eigenvalue weighted by molar-refractivity contribution is 5.89. The van der Waals surface area contributed by atoms with Crippen molar-refractivity contribution in [1.29, 1.82) is 0 Å². The monoisotopic (exact) mass is 197 g/mol. The van der Waals surface area contributed by atoms with E-state index < -0.39 is 5.97 Å². The molecule has 1 N–H and O–H groups in total. The Morgan fingerprint density at radius 3 is 3.07 bits per heavy atom. The van der Waals surface area contributed by atoms with Gasteiger partial charge in [0.2, 0.25) is 6.41 Å². The maximum atomic E-state index is 11.3. The zero-order chi connectivity index (χ0) is 10.6. The molecule has 0 aromatic carbocycles. The van der Waals surface area contributed by atoms with Crippen LogP contribution < -0.4 is 5.32 Å². The molecule has 1 aromatic heterocycles. The first-order chi connectivity index (χ1) is 6.69. The fourth-order valence-corrected chi connectivity index (χ4v) is 0.994. The zero-order valence-electron chi connectivity index (χ0n) is 7.98. The second kappa shape index (κ2) is 4.40. The molecule has 6 nitrogen and oxygen atoms in total. The number of amides is 1. The number of nitrogens with one attached hydrogen (secondary N) is 1. The van der Waals surface area contributed by atoms with Crippen LogP contribution in [0.1, 0.15) is 17.4 Å². The SMILES string of the molecule is CCOC(=O)c1cc(NC=O)nn1C. The van der Waals surface area contributed by atoms with Crippen LogP contribution in [0.4, 0.5) is 5.82 Å². The van der Waals surface area contributed by atoms with Crippen molar-refractivity contribution in [3.63, 3.8) is 0 Å². The highest BCUT2D eigenvalue weighted by atomic mass is 16.5. The number of hydrogen-bond donors (Lipinski definition) is 1. The van der Waals surface area contributed by atoms with Crippen LogP contribution in [-0.4, -0.2) is 28.8 Å². The van der Waals surface area contributed by atoms with Gasteiger partial charge in [-0.3, -0.25) is 9.48 Å². The van der Waals surface area contributed by atoms with Gasteiger partial charge in [0.15, 0.2) is 5.82 Å². The molecular formula is C8H11N3O3. The normalized spacial score (nSPS) is 9.57. The fourth-order valence-electron chi connectivity index (χ4n) is 0.994. The van der Waals surface area contributed by atoms with E-state index in [2.05, 4.69) is 10.4 Å². The third kappa shape index (κ3) is 2.09. The highest BCUT2D eigenvalue weighted by Crippen LogP contribution is 2.08. The van der Waals surface area contributed by atoms with Crippen molar-refractivity contribution in [2.24, 2.45) is 7.05 Å². The number of anilines is 1. The van der Waals surface area contributed by atoms with E-state index >= 15 is 0 Å². The summed E-state index contributed by atoms with van der Waals surface area (Å²) in [5.41, 5.74) is 0.302. The van der Waals surface area contributed by atoms with Gasteiger partial charge in [0.1, 0.15) is 5.69 Å². The summed E-state index contributed by atoms with van der Waals surface area (Å²) in [6, 6.07) is 1.45. The van der Waals surface area contributed by atoms with Crippen molar-refractivity contribution < 1.29 is 14.3 Å². The molecule has 14 heavy (non-hydrogen) atoms. The summed E-state index contributed by atoms with van der Waals surface area (Å²) in [6.07, 6.45) is 0.497. The quantitative estimate of drug-likeness (QED) is 0.551. The van der Waals surface area contributed by atoms with E-state index in [0.29, 0.717) is 24.5 Å². The molecule has 0 bridgehead atoms. The Hall–Kier alpha value is -1.85. The van der Waals surface area contributed by atoms with Gasteiger partial charge in [-0.25, -0.2) is 4.79 Å². The number of aryl methyl sites for hydroxylation is 1. The van der Waals surface area contributed by atoms with Gasteiger partial charge in [0.05, 0.1) is 6.61 Å². The van der Waals surface area contributed by atoms with Crippen molar-refractivity contribution >= 4 is 18.2 Å². The number of hydrogen-bond acceptors (Lipinski definition) is 4. The lowest BCUT2D eigenvalue weighted by atomic mass is 10.4. The van der Waals surface area contributed by atoms with Gasteiger partial charge in [0, 0.05) is 13.1 Å². The summed E-state index contributed by atoms with van der Waals surface area (Å²) in [5, 5.41) is 6.22. The minimum Gasteiger partial charge on any atom is -0.461 e. The van der Waals surface area contributed by atoms with Crippen molar-refractivity contribution in [2.75, 3.05) is 11.9 Å². The Kier molecular flexibility index (Phi) is 3.22. The molecule has 0 saturated carbocycles. The average molecular weight is 197 g/mol. The van der Waals surface area contributed by atoms with Crippen LogP contribution in [0.15, 0.2) is 6.07 Å². The maximum Gasteiger partial charge on any atom is 0.356 e. The molecule has 1 heterocycles. The first-order valence-corrected chi connectivity index (χ1v) is 4.10. The Morgan fingerprint density at radius 2 is 2.50 bits per heavy atom. The van der Waals surface area contributed by atoms with E-state index in [9.17, 15) is 9.59 Å². The van der Waals surface area contributed by atoms with Crippen LogP contribution in [0.2, 0.25) is 0 Å². The number of rotatable bonds is 4. The molecule has 6 heteroatoms. The molecule has 0 saturated heterocycles. The molecule has 0 radical (unpaired) electrons. The third-order valence-corrected chi connectivity index (χ3v) is 1.57. The third-order valence-electron chi connectivity index (χ3n) is 1.57. The van der Waals surface area contributed by atoms with E-state index in [0.717, 1.165) is 0 Å². The Bertz CT molecular complexity index is 346.